The maximum Gasteiger partial charge on any atom is 0.345 e. The summed E-state index contributed by atoms with van der Waals surface area (Å²) in [6, 6.07) is 12.3. The first-order valence-electron chi connectivity index (χ1n) is 6.78. The van der Waals surface area contributed by atoms with Gasteiger partial charge in [-0.3, -0.25) is 0 Å². The summed E-state index contributed by atoms with van der Waals surface area (Å²) in [6.45, 7) is 1.84. The molecule has 0 spiro atoms. The minimum atomic E-state index is -1.02. The van der Waals surface area contributed by atoms with E-state index in [0.717, 1.165) is 11.1 Å². The Labute approximate surface area is 134 Å². The van der Waals surface area contributed by atoms with Gasteiger partial charge in [0, 0.05) is 11.4 Å². The van der Waals surface area contributed by atoms with Crippen molar-refractivity contribution in [1.29, 1.82) is 0 Å². The van der Waals surface area contributed by atoms with E-state index in [4.69, 9.17) is 21.1 Å². The van der Waals surface area contributed by atoms with Gasteiger partial charge in [0.05, 0.1) is 7.11 Å². The van der Waals surface area contributed by atoms with Crippen LogP contribution in [0.25, 0.3) is 0 Å². The van der Waals surface area contributed by atoms with Crippen LogP contribution in [0.15, 0.2) is 42.5 Å². The summed E-state index contributed by atoms with van der Waals surface area (Å²) in [6.07, 6.45) is -0.735. The third kappa shape index (κ3) is 4.15. The van der Waals surface area contributed by atoms with E-state index < -0.39 is 12.1 Å². The smallest absolute Gasteiger partial charge is 0.345 e. The first-order chi connectivity index (χ1) is 10.5. The molecule has 2 rings (SSSR count). The Kier molecular flexibility index (Phi) is 5.28. The highest BCUT2D eigenvalue weighted by atomic mass is 35.5. The zero-order valence-electron chi connectivity index (χ0n) is 12.4. The molecule has 4 nitrogen and oxygen atoms in total. The van der Waals surface area contributed by atoms with Crippen molar-refractivity contribution in [3.8, 4) is 11.5 Å². The number of hydrogen-bond acceptors (Lipinski definition) is 3. The normalized spacial score (nSPS) is 11.8. The lowest BCUT2D eigenvalue weighted by atomic mass is 10.1. The molecule has 0 aliphatic rings. The highest BCUT2D eigenvalue weighted by Gasteiger charge is 2.20. The van der Waals surface area contributed by atoms with Crippen molar-refractivity contribution in [2.24, 2.45) is 0 Å². The maximum absolute atomic E-state index is 11.4. The van der Waals surface area contributed by atoms with E-state index in [1.54, 1.807) is 31.4 Å². The van der Waals surface area contributed by atoms with Gasteiger partial charge in [-0.25, -0.2) is 4.79 Å². The number of methoxy groups -OCH3 is 1. The summed E-state index contributed by atoms with van der Waals surface area (Å²) in [5.41, 5.74) is 1.67. The van der Waals surface area contributed by atoms with Crippen molar-refractivity contribution in [1.82, 2.24) is 0 Å². The Hall–Kier alpha value is -2.20. The maximum atomic E-state index is 11.4. The number of halogens is 1. The largest absolute Gasteiger partial charge is 0.497 e. The molecule has 0 bridgehead atoms. The highest BCUT2D eigenvalue weighted by molar-refractivity contribution is 6.31. The first-order valence-corrected chi connectivity index (χ1v) is 7.16. The van der Waals surface area contributed by atoms with Gasteiger partial charge in [-0.05, 0) is 48.4 Å². The molecular formula is C17H17ClO4. The van der Waals surface area contributed by atoms with Gasteiger partial charge in [0.25, 0.3) is 0 Å². The Morgan fingerprint density at radius 1 is 1.23 bits per heavy atom. The third-order valence-corrected chi connectivity index (χ3v) is 3.66. The van der Waals surface area contributed by atoms with Gasteiger partial charge in [0.15, 0.2) is 6.10 Å². The zero-order chi connectivity index (χ0) is 16.1. The fourth-order valence-electron chi connectivity index (χ4n) is 2.05. The molecular weight excluding hydrogens is 304 g/mol. The summed E-state index contributed by atoms with van der Waals surface area (Å²) in [4.78, 5) is 11.4. The predicted molar refractivity (Wildman–Crippen MR) is 84.9 cm³/mol. The lowest BCUT2D eigenvalue weighted by Crippen LogP contribution is -2.29. The van der Waals surface area contributed by atoms with Crippen LogP contribution in [0.4, 0.5) is 0 Å². The molecule has 0 heterocycles. The predicted octanol–water partition coefficient (Wildman–Crippen LogP) is 3.73. The third-order valence-electron chi connectivity index (χ3n) is 3.24. The topological polar surface area (TPSA) is 55.8 Å². The summed E-state index contributed by atoms with van der Waals surface area (Å²) in [7, 11) is 1.57. The molecule has 0 unspecified atom stereocenters. The molecule has 0 aliphatic heterocycles. The lowest BCUT2D eigenvalue weighted by molar-refractivity contribution is -0.145. The highest BCUT2D eigenvalue weighted by Crippen LogP contribution is 2.23. The van der Waals surface area contributed by atoms with Gasteiger partial charge < -0.3 is 14.6 Å². The van der Waals surface area contributed by atoms with E-state index in [0.29, 0.717) is 16.5 Å². The zero-order valence-corrected chi connectivity index (χ0v) is 13.1. The Bertz CT molecular complexity index is 669. The minimum absolute atomic E-state index is 0.244. The van der Waals surface area contributed by atoms with Crippen LogP contribution in [-0.2, 0) is 11.2 Å². The van der Waals surface area contributed by atoms with Gasteiger partial charge in [-0.1, -0.05) is 23.7 Å². The fourth-order valence-corrected chi connectivity index (χ4v) is 2.17. The van der Waals surface area contributed by atoms with Crippen molar-refractivity contribution < 1.29 is 19.4 Å². The van der Waals surface area contributed by atoms with Crippen LogP contribution in [0.2, 0.25) is 5.02 Å². The van der Waals surface area contributed by atoms with Crippen molar-refractivity contribution in [3.63, 3.8) is 0 Å². The van der Waals surface area contributed by atoms with E-state index in [1.165, 1.54) is 0 Å². The number of carboxylic acid groups (broad SMARTS) is 1. The van der Waals surface area contributed by atoms with Crippen LogP contribution >= 0.6 is 11.6 Å². The lowest BCUT2D eigenvalue weighted by Gasteiger charge is -2.16. The molecule has 2 aromatic carbocycles. The Balaban J connectivity index is 2.15. The minimum Gasteiger partial charge on any atom is -0.497 e. The van der Waals surface area contributed by atoms with Gasteiger partial charge in [-0.15, -0.1) is 0 Å². The summed E-state index contributed by atoms with van der Waals surface area (Å²) < 4.78 is 10.7. The number of benzene rings is 2. The summed E-state index contributed by atoms with van der Waals surface area (Å²) in [5, 5.41) is 9.98. The molecule has 1 atom stereocenters. The van der Waals surface area contributed by atoms with Crippen molar-refractivity contribution >= 4 is 17.6 Å². The Morgan fingerprint density at radius 3 is 2.64 bits per heavy atom. The quantitative estimate of drug-likeness (QED) is 0.881. The number of carbonyl (C=O) groups is 1. The molecule has 0 aromatic heterocycles. The molecule has 116 valence electrons. The first kappa shape index (κ1) is 16.2. The number of aliphatic carboxylic acids is 1. The second-order valence-electron chi connectivity index (χ2n) is 4.91. The molecule has 1 N–H and O–H groups in total. The van der Waals surface area contributed by atoms with Crippen LogP contribution < -0.4 is 9.47 Å². The van der Waals surface area contributed by atoms with Crippen LogP contribution in [-0.4, -0.2) is 24.3 Å². The molecule has 0 fully saturated rings. The average molecular weight is 321 g/mol. The summed E-state index contributed by atoms with van der Waals surface area (Å²) >= 11 is 5.96. The number of aryl methyl sites for hydroxylation is 1. The van der Waals surface area contributed by atoms with Crippen molar-refractivity contribution in [2.75, 3.05) is 7.11 Å². The fraction of sp³-hybridized carbons (Fsp3) is 0.235. The number of ether oxygens (including phenoxy) is 2. The van der Waals surface area contributed by atoms with E-state index in [-0.39, 0.29) is 6.42 Å². The van der Waals surface area contributed by atoms with Gasteiger partial charge in [-0.2, -0.15) is 0 Å². The van der Waals surface area contributed by atoms with Gasteiger partial charge in [0.2, 0.25) is 0 Å². The van der Waals surface area contributed by atoms with Crippen LogP contribution in [0.5, 0.6) is 11.5 Å². The van der Waals surface area contributed by atoms with Gasteiger partial charge >= 0.3 is 5.97 Å². The van der Waals surface area contributed by atoms with Crippen molar-refractivity contribution in [3.05, 3.63) is 58.6 Å². The van der Waals surface area contributed by atoms with E-state index in [9.17, 15) is 9.90 Å². The number of carboxylic acids is 1. The van der Waals surface area contributed by atoms with Crippen LogP contribution in [0.3, 0.4) is 0 Å². The molecule has 0 amide bonds. The van der Waals surface area contributed by atoms with E-state index >= 15 is 0 Å². The van der Waals surface area contributed by atoms with Crippen molar-refractivity contribution in [2.45, 2.75) is 19.4 Å². The molecule has 2 aromatic rings. The van der Waals surface area contributed by atoms with Gasteiger partial charge in [0.1, 0.15) is 11.5 Å². The molecule has 0 radical (unpaired) electrons. The molecule has 0 saturated carbocycles. The average Bonchev–Trinajstić information content (AvgIpc) is 2.50. The second kappa shape index (κ2) is 7.18. The SMILES string of the molecule is COc1cccc(C[C@@H](Oc2ccc(Cl)c(C)c2)C(=O)O)c1. The number of hydrogen-bond donors (Lipinski definition) is 1. The molecule has 0 saturated heterocycles. The van der Waals surface area contributed by atoms with Crippen LogP contribution in [0, 0.1) is 6.92 Å². The second-order valence-corrected chi connectivity index (χ2v) is 5.32. The monoisotopic (exact) mass is 320 g/mol. The van der Waals surface area contributed by atoms with Crippen LogP contribution in [0.1, 0.15) is 11.1 Å². The summed E-state index contributed by atoms with van der Waals surface area (Å²) in [5.74, 6) is 0.150. The van der Waals surface area contributed by atoms with E-state index in [2.05, 4.69) is 0 Å². The standard InChI is InChI=1S/C17H17ClO4/c1-11-8-14(6-7-15(11)18)22-16(17(19)20)10-12-4-3-5-13(9-12)21-2/h3-9,16H,10H2,1-2H3,(H,19,20)/t16-/m1/s1. The van der Waals surface area contributed by atoms with E-state index in [1.807, 2.05) is 25.1 Å². The Morgan fingerprint density at radius 2 is 2.00 bits per heavy atom. The molecule has 22 heavy (non-hydrogen) atoms. The molecule has 5 heteroatoms. The number of rotatable bonds is 6. The molecule has 0 aliphatic carbocycles.